The van der Waals surface area contributed by atoms with Gasteiger partial charge in [0, 0.05) is 31.3 Å². The van der Waals surface area contributed by atoms with Gasteiger partial charge in [0.05, 0.1) is 11.2 Å². The summed E-state index contributed by atoms with van der Waals surface area (Å²) in [5.74, 6) is 1.48. The highest BCUT2D eigenvalue weighted by molar-refractivity contribution is 6.00. The van der Waals surface area contributed by atoms with Crippen molar-refractivity contribution >= 4 is 22.9 Å². The molecule has 4 nitrogen and oxygen atoms in total. The number of aryl methyl sites for hydroxylation is 1. The van der Waals surface area contributed by atoms with Gasteiger partial charge in [-0.3, -0.25) is 9.79 Å². The van der Waals surface area contributed by atoms with Crippen molar-refractivity contribution in [2.75, 3.05) is 0 Å². The van der Waals surface area contributed by atoms with E-state index in [-0.39, 0.29) is 5.78 Å². The molecule has 0 fully saturated rings. The van der Waals surface area contributed by atoms with E-state index in [2.05, 4.69) is 18.5 Å². The molecule has 2 aromatic rings. The second-order valence-corrected chi connectivity index (χ2v) is 5.81. The van der Waals surface area contributed by atoms with E-state index in [4.69, 9.17) is 4.74 Å². The number of hydrogen-bond donors (Lipinski definition) is 0. The molecular formula is C20H24N2O2. The van der Waals surface area contributed by atoms with Gasteiger partial charge in [-0.05, 0) is 31.6 Å². The monoisotopic (exact) mass is 324 g/mol. The zero-order valence-corrected chi connectivity index (χ0v) is 14.8. The van der Waals surface area contributed by atoms with Crippen LogP contribution in [-0.4, -0.2) is 16.6 Å². The number of aromatic nitrogens is 1. The van der Waals surface area contributed by atoms with Gasteiger partial charge in [0.25, 0.3) is 0 Å². The molecule has 126 valence electrons. The maximum Gasteiger partial charge on any atom is 0.176 e. The molecule has 1 heterocycles. The summed E-state index contributed by atoms with van der Waals surface area (Å²) in [7, 11) is 1.88. The molecule has 1 aromatic heterocycles. The maximum absolute atomic E-state index is 11.7. The van der Waals surface area contributed by atoms with Crippen LogP contribution in [0, 0.1) is 0 Å². The Morgan fingerprint density at radius 2 is 2.12 bits per heavy atom. The fourth-order valence-electron chi connectivity index (χ4n) is 2.61. The summed E-state index contributed by atoms with van der Waals surface area (Å²) in [5.41, 5.74) is 2.43. The minimum Gasteiger partial charge on any atom is -0.460 e. The van der Waals surface area contributed by atoms with Gasteiger partial charge in [0.1, 0.15) is 5.76 Å². The molecule has 0 unspecified atom stereocenters. The zero-order valence-electron chi connectivity index (χ0n) is 14.8. The summed E-state index contributed by atoms with van der Waals surface area (Å²) in [5, 5.41) is 0.984. The Labute approximate surface area is 143 Å². The van der Waals surface area contributed by atoms with E-state index in [1.165, 1.54) is 0 Å². The van der Waals surface area contributed by atoms with Gasteiger partial charge < -0.3 is 9.30 Å². The summed E-state index contributed by atoms with van der Waals surface area (Å²) in [6.45, 7) is 9.44. The minimum absolute atomic E-state index is 0.0356. The molecule has 2 rings (SSSR count). The van der Waals surface area contributed by atoms with Crippen molar-refractivity contribution < 1.29 is 9.53 Å². The summed E-state index contributed by atoms with van der Waals surface area (Å²) in [4.78, 5) is 16.0. The molecule has 0 amide bonds. The Balaban J connectivity index is 2.26. The number of carbonyl (C=O) groups excluding carboxylic acids is 1. The Kier molecular flexibility index (Phi) is 5.74. The summed E-state index contributed by atoms with van der Waals surface area (Å²) >= 11 is 0. The first-order valence-electron chi connectivity index (χ1n) is 8.10. The van der Waals surface area contributed by atoms with Crippen LogP contribution in [0.2, 0.25) is 0 Å². The highest BCUT2D eigenvalue weighted by Crippen LogP contribution is 2.29. The van der Waals surface area contributed by atoms with Gasteiger partial charge in [-0.2, -0.15) is 0 Å². The quantitative estimate of drug-likeness (QED) is 0.406. The summed E-state index contributed by atoms with van der Waals surface area (Å²) < 4.78 is 7.82. The molecule has 24 heavy (non-hydrogen) atoms. The average molecular weight is 324 g/mol. The number of hydrogen-bond acceptors (Lipinski definition) is 3. The molecule has 0 aliphatic carbocycles. The third kappa shape index (κ3) is 4.02. The van der Waals surface area contributed by atoms with Crippen molar-refractivity contribution in [2.45, 2.75) is 33.6 Å². The lowest BCUT2D eigenvalue weighted by Gasteiger charge is -2.09. The van der Waals surface area contributed by atoms with Crippen LogP contribution in [0.4, 0.5) is 0 Å². The van der Waals surface area contributed by atoms with E-state index in [0.29, 0.717) is 5.69 Å². The van der Waals surface area contributed by atoms with Crippen LogP contribution in [0.25, 0.3) is 10.9 Å². The van der Waals surface area contributed by atoms with Crippen LogP contribution in [-0.2, 0) is 7.05 Å². The summed E-state index contributed by atoms with van der Waals surface area (Å²) in [6, 6.07) is 7.69. The lowest BCUT2D eigenvalue weighted by Crippen LogP contribution is -2.02. The van der Waals surface area contributed by atoms with Gasteiger partial charge in [-0.1, -0.05) is 32.1 Å². The van der Waals surface area contributed by atoms with Crippen molar-refractivity contribution in [2.24, 2.45) is 12.0 Å². The normalized spacial score (nSPS) is 12.1. The fraction of sp³-hybridized carbons (Fsp3) is 0.300. The highest BCUT2D eigenvalue weighted by Gasteiger charge is 2.13. The molecule has 0 atom stereocenters. The Morgan fingerprint density at radius 3 is 2.79 bits per heavy atom. The first-order chi connectivity index (χ1) is 11.4. The predicted octanol–water partition coefficient (Wildman–Crippen LogP) is 5.05. The van der Waals surface area contributed by atoms with Crippen LogP contribution < -0.4 is 4.74 Å². The third-order valence-electron chi connectivity index (χ3n) is 3.76. The van der Waals surface area contributed by atoms with Gasteiger partial charge in [0.15, 0.2) is 11.5 Å². The van der Waals surface area contributed by atoms with Crippen LogP contribution in [0.3, 0.4) is 0 Å². The van der Waals surface area contributed by atoms with Crippen LogP contribution in [0.15, 0.2) is 53.4 Å². The topological polar surface area (TPSA) is 43.6 Å². The lowest BCUT2D eigenvalue weighted by molar-refractivity contribution is 0.101. The van der Waals surface area contributed by atoms with Crippen LogP contribution >= 0.6 is 0 Å². The van der Waals surface area contributed by atoms with E-state index in [1.807, 2.05) is 48.9 Å². The standard InChI is InChI=1S/C20H24N2O2/c1-6-8-14(2)21-12-11-15(3)24-19-10-7-9-17-13-18(16(4)23)22(5)20(17)19/h7,9-13H,2,6,8H2,1,3-5H3/b15-11+,21-12?. The highest BCUT2D eigenvalue weighted by atomic mass is 16.5. The summed E-state index contributed by atoms with van der Waals surface area (Å²) in [6.07, 6.45) is 5.44. The molecule has 4 heteroatoms. The number of carbonyl (C=O) groups is 1. The van der Waals surface area contributed by atoms with E-state index in [1.54, 1.807) is 13.1 Å². The van der Waals surface area contributed by atoms with E-state index in [9.17, 15) is 4.79 Å². The molecule has 0 N–H and O–H groups in total. The Bertz CT molecular complexity index is 826. The van der Waals surface area contributed by atoms with Crippen molar-refractivity contribution in [3.8, 4) is 5.75 Å². The molecule has 0 aliphatic rings. The van der Waals surface area contributed by atoms with Crippen LogP contribution in [0.5, 0.6) is 5.75 Å². The number of fused-ring (bicyclic) bond motifs is 1. The lowest BCUT2D eigenvalue weighted by atomic mass is 10.2. The number of Topliss-reactive ketones (excluding diaryl/α,β-unsaturated/α-hetero) is 1. The van der Waals surface area contributed by atoms with Gasteiger partial charge >= 0.3 is 0 Å². The molecule has 0 saturated heterocycles. The molecular weight excluding hydrogens is 300 g/mol. The predicted molar refractivity (Wildman–Crippen MR) is 99.8 cm³/mol. The van der Waals surface area contributed by atoms with Crippen molar-refractivity contribution in [1.29, 1.82) is 0 Å². The number of para-hydroxylation sites is 1. The van der Waals surface area contributed by atoms with E-state index >= 15 is 0 Å². The zero-order chi connectivity index (χ0) is 17.7. The van der Waals surface area contributed by atoms with Gasteiger partial charge in [-0.25, -0.2) is 0 Å². The largest absolute Gasteiger partial charge is 0.460 e. The van der Waals surface area contributed by atoms with Crippen molar-refractivity contribution in [1.82, 2.24) is 4.57 Å². The minimum atomic E-state index is 0.0356. The van der Waals surface area contributed by atoms with Gasteiger partial charge in [-0.15, -0.1) is 0 Å². The van der Waals surface area contributed by atoms with Crippen molar-refractivity contribution in [3.05, 3.63) is 54.1 Å². The Morgan fingerprint density at radius 1 is 1.38 bits per heavy atom. The average Bonchev–Trinajstić information content (AvgIpc) is 2.86. The van der Waals surface area contributed by atoms with Gasteiger partial charge in [0.2, 0.25) is 0 Å². The second-order valence-electron chi connectivity index (χ2n) is 5.81. The first kappa shape index (κ1) is 17.7. The number of ether oxygens (including phenoxy) is 1. The van der Waals surface area contributed by atoms with Crippen LogP contribution in [0.1, 0.15) is 44.1 Å². The molecule has 1 aromatic carbocycles. The number of rotatable bonds is 7. The maximum atomic E-state index is 11.7. The SMILES string of the molecule is C=C(CCC)N=C/C=C(\C)Oc1cccc2cc(C(C)=O)n(C)c12. The Hall–Kier alpha value is -2.62. The van der Waals surface area contributed by atoms with E-state index < -0.39 is 0 Å². The number of allylic oxidation sites excluding steroid dienone is 3. The number of aliphatic imine (C=N–C) groups is 1. The third-order valence-corrected chi connectivity index (χ3v) is 3.76. The fourth-order valence-corrected chi connectivity index (χ4v) is 2.61. The smallest absolute Gasteiger partial charge is 0.176 e. The molecule has 0 saturated carbocycles. The van der Waals surface area contributed by atoms with E-state index in [0.717, 1.165) is 41.0 Å². The number of nitrogens with zero attached hydrogens (tertiary/aromatic N) is 2. The van der Waals surface area contributed by atoms with Crippen molar-refractivity contribution in [3.63, 3.8) is 0 Å². The molecule has 0 bridgehead atoms. The number of ketones is 1. The number of benzene rings is 1. The first-order valence-corrected chi connectivity index (χ1v) is 8.10. The molecule has 0 aliphatic heterocycles. The molecule has 0 radical (unpaired) electrons. The second kappa shape index (κ2) is 7.77. The molecule has 0 spiro atoms.